The highest BCUT2D eigenvalue weighted by Crippen LogP contribution is 2.27. The first kappa shape index (κ1) is 23.5. The van der Waals surface area contributed by atoms with Gasteiger partial charge in [0, 0.05) is 16.7 Å². The molecule has 178 valence electrons. The van der Waals surface area contributed by atoms with Crippen molar-refractivity contribution in [3.8, 4) is 28.7 Å². The zero-order valence-corrected chi connectivity index (χ0v) is 18.8. The van der Waals surface area contributed by atoms with Gasteiger partial charge in [0.2, 0.25) is 5.82 Å². The Kier molecular flexibility index (Phi) is 6.18. The van der Waals surface area contributed by atoms with Crippen LogP contribution in [0, 0.1) is 6.92 Å². The first-order valence-corrected chi connectivity index (χ1v) is 10.5. The van der Waals surface area contributed by atoms with Gasteiger partial charge in [-0.25, -0.2) is 0 Å². The molecule has 4 rings (SSSR count). The van der Waals surface area contributed by atoms with E-state index >= 15 is 0 Å². The summed E-state index contributed by atoms with van der Waals surface area (Å²) in [6.07, 6.45) is -4.76. The summed E-state index contributed by atoms with van der Waals surface area (Å²) in [6, 6.07) is 15.0. The fourth-order valence-corrected chi connectivity index (χ4v) is 3.38. The van der Waals surface area contributed by atoms with E-state index in [1.54, 1.807) is 0 Å². The van der Waals surface area contributed by atoms with Gasteiger partial charge in [-0.2, -0.15) is 10.1 Å². The Morgan fingerprint density at radius 3 is 2.47 bits per heavy atom. The van der Waals surface area contributed by atoms with E-state index < -0.39 is 6.36 Å². The molecule has 4 aromatic rings. The lowest BCUT2D eigenvalue weighted by molar-refractivity contribution is -0.274. The van der Waals surface area contributed by atoms with Gasteiger partial charge >= 0.3 is 6.36 Å². The molecule has 0 spiro atoms. The molecule has 0 aliphatic carbocycles. The summed E-state index contributed by atoms with van der Waals surface area (Å²) >= 11 is 0. The monoisotopic (exact) mass is 472 g/mol. The number of aromatic nitrogens is 4. The highest BCUT2D eigenvalue weighted by atomic mass is 19.4. The summed E-state index contributed by atoms with van der Waals surface area (Å²) in [5, 5.41) is 18.1. The highest BCUT2D eigenvalue weighted by molar-refractivity contribution is 5.59. The Morgan fingerprint density at radius 2 is 1.79 bits per heavy atom. The van der Waals surface area contributed by atoms with Crippen LogP contribution in [0.2, 0.25) is 0 Å². The number of ether oxygens (including phenoxy) is 1. The molecular weight excluding hydrogens is 449 g/mol. The number of nitrogens with zero attached hydrogens (tertiary/aromatic N) is 4. The summed E-state index contributed by atoms with van der Waals surface area (Å²) in [5.74, 6) is 0.0862. The Morgan fingerprint density at radius 1 is 1.06 bits per heavy atom. The molecule has 0 unspecified atom stereocenters. The van der Waals surface area contributed by atoms with Gasteiger partial charge in [0.1, 0.15) is 5.75 Å². The molecule has 34 heavy (non-hydrogen) atoms. The van der Waals surface area contributed by atoms with Crippen molar-refractivity contribution in [2.45, 2.75) is 39.1 Å². The fourth-order valence-electron chi connectivity index (χ4n) is 3.38. The molecule has 2 heterocycles. The number of aliphatic hydroxyl groups is 1. The largest absolute Gasteiger partial charge is 0.573 e. The third-order valence-corrected chi connectivity index (χ3v) is 5.41. The average Bonchev–Trinajstić information content (AvgIpc) is 3.41. The lowest BCUT2D eigenvalue weighted by atomic mass is 9.85. The lowest BCUT2D eigenvalue weighted by Gasteiger charge is -2.23. The second kappa shape index (κ2) is 8.94. The predicted octanol–water partition coefficient (Wildman–Crippen LogP) is 5.13. The van der Waals surface area contributed by atoms with Crippen LogP contribution in [-0.2, 0) is 12.0 Å². The van der Waals surface area contributed by atoms with Crippen molar-refractivity contribution in [1.82, 2.24) is 19.9 Å². The lowest BCUT2D eigenvalue weighted by Crippen LogP contribution is -2.22. The van der Waals surface area contributed by atoms with Crippen molar-refractivity contribution in [2.75, 3.05) is 6.61 Å². The fraction of sp³-hybridized carbons (Fsp3) is 0.292. The molecule has 0 aliphatic rings. The smallest absolute Gasteiger partial charge is 0.406 e. The minimum atomic E-state index is -4.76. The number of aryl methyl sites for hydroxylation is 1. The number of hydrogen-bond acceptors (Lipinski definition) is 6. The minimum Gasteiger partial charge on any atom is -0.406 e. The zero-order chi connectivity index (χ0) is 24.5. The molecule has 0 saturated carbocycles. The van der Waals surface area contributed by atoms with Gasteiger partial charge < -0.3 is 14.4 Å². The molecule has 0 saturated heterocycles. The van der Waals surface area contributed by atoms with Gasteiger partial charge in [-0.1, -0.05) is 43.3 Å². The van der Waals surface area contributed by atoms with Crippen molar-refractivity contribution < 1.29 is 27.5 Å². The summed E-state index contributed by atoms with van der Waals surface area (Å²) in [7, 11) is 0. The summed E-state index contributed by atoms with van der Waals surface area (Å²) in [4.78, 5) is 4.33. The maximum Gasteiger partial charge on any atom is 0.573 e. The van der Waals surface area contributed by atoms with Crippen LogP contribution in [0.1, 0.15) is 30.7 Å². The average molecular weight is 472 g/mol. The van der Waals surface area contributed by atoms with E-state index in [1.165, 1.54) is 24.3 Å². The molecule has 0 aliphatic heterocycles. The van der Waals surface area contributed by atoms with E-state index in [4.69, 9.17) is 4.52 Å². The Bertz CT molecular complexity index is 1280. The zero-order valence-electron chi connectivity index (χ0n) is 18.8. The number of alkyl halides is 3. The molecule has 0 fully saturated rings. The third-order valence-electron chi connectivity index (χ3n) is 5.41. The predicted molar refractivity (Wildman–Crippen MR) is 118 cm³/mol. The van der Waals surface area contributed by atoms with Gasteiger partial charge in [0.25, 0.3) is 5.89 Å². The van der Waals surface area contributed by atoms with Crippen LogP contribution in [-0.4, -0.2) is 38.0 Å². The number of benzene rings is 2. The van der Waals surface area contributed by atoms with Gasteiger partial charge in [0.15, 0.2) is 5.69 Å². The van der Waals surface area contributed by atoms with Gasteiger partial charge in [-0.15, -0.1) is 13.2 Å². The summed E-state index contributed by atoms with van der Waals surface area (Å²) in [6.45, 7) is 6.43. The Balaban J connectivity index is 1.52. The molecule has 0 radical (unpaired) electrons. The molecule has 1 N–H and O–H groups in total. The van der Waals surface area contributed by atoms with Gasteiger partial charge in [0.05, 0.1) is 13.2 Å². The van der Waals surface area contributed by atoms with Gasteiger partial charge in [-0.05, 0) is 48.4 Å². The van der Waals surface area contributed by atoms with E-state index in [9.17, 15) is 18.3 Å². The maximum atomic E-state index is 12.3. The SMILES string of the molecule is Cc1cc(-c2nc(-c3ccc(OC(F)(F)F)cc3)no2)nn1Cc1cccc(C(C)(C)CO)c1. The summed E-state index contributed by atoms with van der Waals surface area (Å²) < 4.78 is 48.0. The van der Waals surface area contributed by atoms with E-state index in [2.05, 4.69) is 20.0 Å². The molecule has 2 aromatic heterocycles. The van der Waals surface area contributed by atoms with Crippen LogP contribution in [0.15, 0.2) is 59.1 Å². The van der Waals surface area contributed by atoms with Crippen LogP contribution in [0.5, 0.6) is 5.75 Å². The standard InChI is InChI=1S/C24H23F3N4O3/c1-15-11-20(29-31(15)13-16-5-4-6-18(12-16)23(2,3)14-32)22-28-21(30-34-22)17-7-9-19(10-8-17)33-24(25,26)27/h4-12,32H,13-14H2,1-3H3. The van der Waals surface area contributed by atoms with E-state index in [-0.39, 0.29) is 29.5 Å². The molecule has 2 aromatic carbocycles. The van der Waals surface area contributed by atoms with E-state index in [1.807, 2.05) is 55.8 Å². The second-order valence-corrected chi connectivity index (χ2v) is 8.57. The minimum absolute atomic E-state index is 0.0407. The van der Waals surface area contributed by atoms with Crippen molar-refractivity contribution in [3.05, 3.63) is 71.4 Å². The summed E-state index contributed by atoms with van der Waals surface area (Å²) in [5.41, 5.74) is 3.56. The molecule has 10 heteroatoms. The van der Waals surface area contributed by atoms with Gasteiger partial charge in [-0.3, -0.25) is 4.68 Å². The highest BCUT2D eigenvalue weighted by Gasteiger charge is 2.31. The van der Waals surface area contributed by atoms with Crippen molar-refractivity contribution in [1.29, 1.82) is 0 Å². The third kappa shape index (κ3) is 5.28. The molecule has 0 bridgehead atoms. The molecular formula is C24H23F3N4O3. The van der Waals surface area contributed by atoms with Crippen LogP contribution >= 0.6 is 0 Å². The first-order valence-electron chi connectivity index (χ1n) is 10.5. The number of aliphatic hydroxyl groups excluding tert-OH is 1. The number of hydrogen-bond donors (Lipinski definition) is 1. The second-order valence-electron chi connectivity index (χ2n) is 8.57. The van der Waals surface area contributed by atoms with E-state index in [0.29, 0.717) is 17.8 Å². The Hall–Kier alpha value is -3.66. The topological polar surface area (TPSA) is 86.2 Å². The number of halogens is 3. The first-order chi connectivity index (χ1) is 16.0. The van der Waals surface area contributed by atoms with Crippen LogP contribution < -0.4 is 4.74 Å². The quantitative estimate of drug-likeness (QED) is 0.402. The Labute approximate surface area is 193 Å². The molecule has 7 nitrogen and oxygen atoms in total. The molecule has 0 atom stereocenters. The van der Waals surface area contributed by atoms with Crippen molar-refractivity contribution >= 4 is 0 Å². The van der Waals surface area contributed by atoms with Crippen LogP contribution in [0.25, 0.3) is 23.0 Å². The van der Waals surface area contributed by atoms with Crippen molar-refractivity contribution in [3.63, 3.8) is 0 Å². The maximum absolute atomic E-state index is 12.3. The molecule has 0 amide bonds. The normalized spacial score (nSPS) is 12.2. The van der Waals surface area contributed by atoms with E-state index in [0.717, 1.165) is 16.8 Å². The van der Waals surface area contributed by atoms with Crippen LogP contribution in [0.3, 0.4) is 0 Å². The van der Waals surface area contributed by atoms with Crippen LogP contribution in [0.4, 0.5) is 13.2 Å². The number of rotatable bonds is 7. The van der Waals surface area contributed by atoms with Crippen molar-refractivity contribution in [2.24, 2.45) is 0 Å².